The second-order valence-electron chi connectivity index (χ2n) is 8.51. The van der Waals surface area contributed by atoms with Gasteiger partial charge in [-0.2, -0.15) is 18.4 Å². The zero-order valence-corrected chi connectivity index (χ0v) is 19.5. The summed E-state index contributed by atoms with van der Waals surface area (Å²) in [4.78, 5) is 19.4. The van der Waals surface area contributed by atoms with E-state index in [0.29, 0.717) is 31.6 Å². The molecule has 0 N–H and O–H groups in total. The Kier molecular flexibility index (Phi) is 6.57. The normalized spacial score (nSPS) is 15.5. The zero-order chi connectivity index (χ0) is 25.2. The van der Waals surface area contributed by atoms with Crippen molar-refractivity contribution in [3.63, 3.8) is 0 Å². The van der Waals surface area contributed by atoms with Crippen molar-refractivity contribution in [2.24, 2.45) is 0 Å². The molecule has 1 saturated heterocycles. The predicted molar refractivity (Wildman–Crippen MR) is 125 cm³/mol. The van der Waals surface area contributed by atoms with Gasteiger partial charge in [0, 0.05) is 32.0 Å². The number of hydrogen-bond acceptors (Lipinski definition) is 5. The average molecular weight is 483 g/mol. The first-order valence-electron chi connectivity index (χ1n) is 11.3. The lowest BCUT2D eigenvalue weighted by Crippen LogP contribution is -2.48. The van der Waals surface area contributed by atoms with Crippen LogP contribution in [0.1, 0.15) is 36.5 Å². The van der Waals surface area contributed by atoms with Gasteiger partial charge in [0.2, 0.25) is 0 Å². The third-order valence-corrected chi connectivity index (χ3v) is 6.73. The van der Waals surface area contributed by atoms with Crippen LogP contribution in [0.4, 0.5) is 18.9 Å². The molecule has 0 amide bonds. The lowest BCUT2D eigenvalue weighted by atomic mass is 9.73. The summed E-state index contributed by atoms with van der Waals surface area (Å²) >= 11 is 0. The van der Waals surface area contributed by atoms with Gasteiger partial charge < -0.3 is 14.2 Å². The fourth-order valence-corrected chi connectivity index (χ4v) is 4.76. The molecule has 6 nitrogen and oxygen atoms in total. The molecule has 0 unspecified atom stereocenters. The molecule has 1 aliphatic heterocycles. The first-order valence-corrected chi connectivity index (χ1v) is 11.3. The van der Waals surface area contributed by atoms with E-state index >= 15 is 0 Å². The largest absolute Gasteiger partial charge is 0.468 e. The summed E-state index contributed by atoms with van der Waals surface area (Å²) in [6.07, 6.45) is -0.0963. The number of alkyl halides is 3. The van der Waals surface area contributed by atoms with Gasteiger partial charge in [-0.05, 0) is 61.7 Å². The molecule has 182 valence electrons. The van der Waals surface area contributed by atoms with Crippen LogP contribution < -0.4 is 4.90 Å². The Morgan fingerprint density at radius 1 is 1.20 bits per heavy atom. The van der Waals surface area contributed by atoms with E-state index in [2.05, 4.69) is 9.55 Å². The van der Waals surface area contributed by atoms with Crippen LogP contribution in [0.25, 0.3) is 11.4 Å². The van der Waals surface area contributed by atoms with Crippen LogP contribution in [-0.4, -0.2) is 35.7 Å². The molecule has 3 aromatic rings. The van der Waals surface area contributed by atoms with Gasteiger partial charge in [0.15, 0.2) is 0 Å². The zero-order valence-electron chi connectivity index (χ0n) is 19.5. The third-order valence-electron chi connectivity index (χ3n) is 6.73. The van der Waals surface area contributed by atoms with Gasteiger partial charge in [0.25, 0.3) is 0 Å². The van der Waals surface area contributed by atoms with E-state index in [4.69, 9.17) is 4.74 Å². The topological polar surface area (TPSA) is 71.2 Å². The summed E-state index contributed by atoms with van der Waals surface area (Å²) in [5.74, 6) is -0.378. The SMILES string of the molecule is CCn1cccc1-c1ccc(C2(C(=O)OC)CCN(c3ccc(C(F)(F)F)cc3C#N)CC2)cn1. The number of hydrogen-bond donors (Lipinski definition) is 0. The van der Waals surface area contributed by atoms with E-state index in [0.717, 1.165) is 35.6 Å². The molecule has 9 heteroatoms. The molecular weight excluding hydrogens is 457 g/mol. The number of carbonyl (C=O) groups excluding carboxylic acids is 1. The molecule has 1 aliphatic rings. The van der Waals surface area contributed by atoms with E-state index in [1.165, 1.54) is 13.2 Å². The monoisotopic (exact) mass is 482 g/mol. The molecule has 35 heavy (non-hydrogen) atoms. The number of anilines is 1. The Balaban J connectivity index is 1.60. The number of ether oxygens (including phenoxy) is 1. The summed E-state index contributed by atoms with van der Waals surface area (Å²) in [6, 6.07) is 12.8. The van der Waals surface area contributed by atoms with Crippen LogP contribution in [0.5, 0.6) is 0 Å². The van der Waals surface area contributed by atoms with Gasteiger partial charge in [-0.15, -0.1) is 0 Å². The summed E-state index contributed by atoms with van der Waals surface area (Å²) in [5.41, 5.74) is 1.09. The smallest absolute Gasteiger partial charge is 0.416 e. The minimum Gasteiger partial charge on any atom is -0.468 e. The highest BCUT2D eigenvalue weighted by Gasteiger charge is 2.45. The highest BCUT2D eigenvalue weighted by atomic mass is 19.4. The van der Waals surface area contributed by atoms with E-state index in [1.807, 2.05) is 48.4 Å². The van der Waals surface area contributed by atoms with Crippen LogP contribution >= 0.6 is 0 Å². The van der Waals surface area contributed by atoms with Crippen LogP contribution in [0.2, 0.25) is 0 Å². The van der Waals surface area contributed by atoms with Crippen molar-refractivity contribution in [1.82, 2.24) is 9.55 Å². The number of aromatic nitrogens is 2. The number of esters is 1. The highest BCUT2D eigenvalue weighted by Crippen LogP contribution is 2.40. The van der Waals surface area contributed by atoms with Gasteiger partial charge in [-0.25, -0.2) is 0 Å². The Labute approximate surface area is 201 Å². The number of carbonyl (C=O) groups is 1. The van der Waals surface area contributed by atoms with Crippen LogP contribution in [0.3, 0.4) is 0 Å². The lowest BCUT2D eigenvalue weighted by Gasteiger charge is -2.41. The Bertz CT molecular complexity index is 1250. The van der Waals surface area contributed by atoms with Crippen LogP contribution in [-0.2, 0) is 27.7 Å². The molecule has 0 spiro atoms. The molecule has 1 aromatic carbocycles. The number of benzene rings is 1. The van der Waals surface area contributed by atoms with Crippen molar-refractivity contribution >= 4 is 11.7 Å². The van der Waals surface area contributed by atoms with Crippen molar-refractivity contribution in [2.75, 3.05) is 25.1 Å². The lowest BCUT2D eigenvalue weighted by molar-refractivity contribution is -0.148. The maximum Gasteiger partial charge on any atom is 0.416 e. The van der Waals surface area contributed by atoms with E-state index < -0.39 is 17.2 Å². The third kappa shape index (κ3) is 4.48. The van der Waals surface area contributed by atoms with Crippen molar-refractivity contribution in [3.8, 4) is 17.5 Å². The Morgan fingerprint density at radius 3 is 2.51 bits per heavy atom. The van der Waals surface area contributed by atoms with E-state index in [-0.39, 0.29) is 11.5 Å². The maximum absolute atomic E-state index is 13.1. The fraction of sp³-hybridized carbons (Fsp3) is 0.346. The van der Waals surface area contributed by atoms with Crippen molar-refractivity contribution in [3.05, 3.63) is 71.5 Å². The molecule has 0 aliphatic carbocycles. The number of methoxy groups -OCH3 is 1. The molecule has 0 radical (unpaired) electrons. The molecule has 0 bridgehead atoms. The minimum atomic E-state index is -4.52. The Hall–Kier alpha value is -3.80. The van der Waals surface area contributed by atoms with Crippen LogP contribution in [0.15, 0.2) is 54.9 Å². The highest BCUT2D eigenvalue weighted by molar-refractivity contribution is 5.84. The molecule has 4 rings (SSSR count). The maximum atomic E-state index is 13.1. The van der Waals surface area contributed by atoms with E-state index in [9.17, 15) is 23.2 Å². The molecule has 1 fully saturated rings. The van der Waals surface area contributed by atoms with Gasteiger partial charge in [0.1, 0.15) is 6.07 Å². The van der Waals surface area contributed by atoms with Crippen molar-refractivity contribution in [2.45, 2.75) is 37.9 Å². The number of nitriles is 1. The van der Waals surface area contributed by atoms with Crippen molar-refractivity contribution in [1.29, 1.82) is 5.26 Å². The first kappa shape index (κ1) is 24.3. The van der Waals surface area contributed by atoms with Gasteiger partial charge >= 0.3 is 12.1 Å². The summed E-state index contributed by atoms with van der Waals surface area (Å²) in [7, 11) is 1.34. The number of nitrogens with zero attached hydrogens (tertiary/aromatic N) is 4. The number of aryl methyl sites for hydroxylation is 1. The van der Waals surface area contributed by atoms with Gasteiger partial charge in [-0.1, -0.05) is 6.07 Å². The second kappa shape index (κ2) is 9.45. The fourth-order valence-electron chi connectivity index (χ4n) is 4.76. The number of halogens is 3. The summed E-state index contributed by atoms with van der Waals surface area (Å²) in [6.45, 7) is 3.60. The van der Waals surface area contributed by atoms with Crippen LogP contribution in [0, 0.1) is 11.3 Å². The first-order chi connectivity index (χ1) is 16.7. The number of piperidine rings is 1. The number of rotatable bonds is 5. The Morgan fingerprint density at radius 2 is 1.94 bits per heavy atom. The van der Waals surface area contributed by atoms with E-state index in [1.54, 1.807) is 6.20 Å². The molecule has 2 aromatic heterocycles. The second-order valence-corrected chi connectivity index (χ2v) is 8.51. The minimum absolute atomic E-state index is 0.0460. The standard InChI is InChI=1S/C26H25F3N4O2/c1-3-32-12-4-5-23(32)21-8-6-20(17-31-21)25(24(34)35-2)10-13-33(14-11-25)22-9-7-19(26(27,28)29)15-18(22)16-30/h4-9,12,15,17H,3,10-11,13-14H2,1-2H3. The predicted octanol–water partition coefficient (Wildman–Crippen LogP) is 5.17. The number of pyridine rings is 1. The molecular formula is C26H25F3N4O2. The quantitative estimate of drug-likeness (QED) is 0.469. The average Bonchev–Trinajstić information content (AvgIpc) is 3.36. The van der Waals surface area contributed by atoms with Gasteiger partial charge in [0.05, 0.1) is 40.7 Å². The van der Waals surface area contributed by atoms with Crippen molar-refractivity contribution < 1.29 is 22.7 Å². The van der Waals surface area contributed by atoms with Gasteiger partial charge in [-0.3, -0.25) is 9.78 Å². The molecule has 0 atom stereocenters. The summed E-state index contributed by atoms with van der Waals surface area (Å²) in [5, 5.41) is 9.46. The summed E-state index contributed by atoms with van der Waals surface area (Å²) < 4.78 is 46.5. The molecule has 3 heterocycles. The molecule has 0 saturated carbocycles.